The predicted octanol–water partition coefficient (Wildman–Crippen LogP) is -3.83. The molecule has 0 heterocycles. The molecule has 0 rings (SSSR count). The van der Waals surface area contributed by atoms with Crippen LogP contribution in [0.5, 0.6) is 0 Å². The van der Waals surface area contributed by atoms with Crippen molar-refractivity contribution in [3.05, 3.63) is 0 Å². The molecule has 0 aliphatic rings. The number of rotatable bonds is 16. The lowest BCUT2D eigenvalue weighted by molar-refractivity contribution is -0.142. The fraction of sp³-hybridized carbons (Fsp3) is 0.706. The van der Waals surface area contributed by atoms with Gasteiger partial charge in [0.05, 0.1) is 12.6 Å². The summed E-state index contributed by atoms with van der Waals surface area (Å²) in [5.74, 6) is -4.74. The van der Waals surface area contributed by atoms with Crippen molar-refractivity contribution in [3.63, 3.8) is 0 Å². The van der Waals surface area contributed by atoms with Crippen LogP contribution in [0.15, 0.2) is 0 Å². The van der Waals surface area contributed by atoms with Gasteiger partial charge in [0.2, 0.25) is 23.6 Å². The summed E-state index contributed by atoms with van der Waals surface area (Å²) < 4.78 is 0. The zero-order chi connectivity index (χ0) is 24.0. The summed E-state index contributed by atoms with van der Waals surface area (Å²) in [5, 5.41) is 25.3. The van der Waals surface area contributed by atoms with Crippen LogP contribution < -0.4 is 33.2 Å². The van der Waals surface area contributed by atoms with Gasteiger partial charge in [-0.05, 0) is 25.8 Å². The maximum Gasteiger partial charge on any atom is 0.326 e. The van der Waals surface area contributed by atoms with Crippen LogP contribution in [0.2, 0.25) is 0 Å². The molecule has 0 aromatic carbocycles. The molecule has 0 bridgehead atoms. The predicted molar refractivity (Wildman–Crippen MR) is 114 cm³/mol. The highest BCUT2D eigenvalue weighted by molar-refractivity contribution is 7.80. The van der Waals surface area contributed by atoms with Crippen LogP contribution in [0, 0.1) is 0 Å². The molecular formula is C17H32N6O7S. The number of aliphatic hydroxyl groups is 1. The van der Waals surface area contributed by atoms with Crippen molar-refractivity contribution in [2.75, 3.05) is 18.9 Å². The SMILES string of the molecule is NCCCCC(N)C(=O)NC(CO)C(=O)NC(CS)C(=O)NC(CCC(N)=O)C(=O)O. The van der Waals surface area contributed by atoms with Gasteiger partial charge in [-0.15, -0.1) is 0 Å². The van der Waals surface area contributed by atoms with Gasteiger partial charge in [0.1, 0.15) is 18.1 Å². The van der Waals surface area contributed by atoms with E-state index >= 15 is 0 Å². The maximum absolute atomic E-state index is 12.4. The van der Waals surface area contributed by atoms with E-state index in [1.165, 1.54) is 0 Å². The molecule has 0 aliphatic carbocycles. The fourth-order valence-corrected chi connectivity index (χ4v) is 2.65. The summed E-state index contributed by atoms with van der Waals surface area (Å²) in [6, 6.07) is -4.96. The number of primary amides is 1. The van der Waals surface area contributed by atoms with E-state index in [1.54, 1.807) is 0 Å². The monoisotopic (exact) mass is 464 g/mol. The molecule has 4 atom stereocenters. The number of carbonyl (C=O) groups is 5. The first-order valence-corrected chi connectivity index (χ1v) is 10.3. The molecule has 14 heteroatoms. The second-order valence-electron chi connectivity index (χ2n) is 6.78. The summed E-state index contributed by atoms with van der Waals surface area (Å²) in [6.45, 7) is -0.307. The number of hydrogen-bond acceptors (Lipinski definition) is 9. The highest BCUT2D eigenvalue weighted by atomic mass is 32.1. The molecule has 0 aromatic rings. The van der Waals surface area contributed by atoms with Crippen molar-refractivity contribution in [2.24, 2.45) is 17.2 Å². The topological polar surface area (TPSA) is 240 Å². The van der Waals surface area contributed by atoms with Crippen LogP contribution in [-0.4, -0.2) is 82.9 Å². The summed E-state index contributed by atoms with van der Waals surface area (Å²) in [4.78, 5) is 58.9. The molecule has 0 aliphatic heterocycles. The number of aliphatic hydroxyl groups excluding tert-OH is 1. The third kappa shape index (κ3) is 11.5. The van der Waals surface area contributed by atoms with Crippen LogP contribution in [0.3, 0.4) is 0 Å². The lowest BCUT2D eigenvalue weighted by Crippen LogP contribution is -2.58. The smallest absolute Gasteiger partial charge is 0.326 e. The Hall–Kier alpha value is -2.42. The van der Waals surface area contributed by atoms with Gasteiger partial charge < -0.3 is 43.4 Å². The number of aliphatic carboxylic acids is 1. The molecule has 11 N–H and O–H groups in total. The van der Waals surface area contributed by atoms with Crippen molar-refractivity contribution >= 4 is 42.2 Å². The molecule has 0 spiro atoms. The van der Waals surface area contributed by atoms with E-state index in [2.05, 4.69) is 28.6 Å². The van der Waals surface area contributed by atoms with Gasteiger partial charge in [0.25, 0.3) is 0 Å². The van der Waals surface area contributed by atoms with Gasteiger partial charge in [-0.3, -0.25) is 19.2 Å². The molecule has 31 heavy (non-hydrogen) atoms. The van der Waals surface area contributed by atoms with E-state index in [1.807, 2.05) is 0 Å². The number of unbranched alkanes of at least 4 members (excludes halogenated alkanes) is 1. The van der Waals surface area contributed by atoms with Crippen LogP contribution in [0.4, 0.5) is 0 Å². The second kappa shape index (κ2) is 15.4. The molecule has 0 saturated carbocycles. The van der Waals surface area contributed by atoms with Crippen molar-refractivity contribution in [2.45, 2.75) is 56.3 Å². The summed E-state index contributed by atoms with van der Waals surface area (Å²) in [7, 11) is 0. The van der Waals surface area contributed by atoms with E-state index in [0.717, 1.165) is 0 Å². The second-order valence-corrected chi connectivity index (χ2v) is 7.15. The number of hydrogen-bond donors (Lipinski definition) is 9. The zero-order valence-electron chi connectivity index (χ0n) is 17.1. The van der Waals surface area contributed by atoms with Crippen LogP contribution >= 0.6 is 12.6 Å². The van der Waals surface area contributed by atoms with Gasteiger partial charge in [-0.25, -0.2) is 4.79 Å². The average molecular weight is 465 g/mol. The minimum absolute atomic E-state index is 0.204. The van der Waals surface area contributed by atoms with Gasteiger partial charge in [-0.2, -0.15) is 12.6 Å². The van der Waals surface area contributed by atoms with E-state index in [0.29, 0.717) is 25.8 Å². The molecule has 0 aromatic heterocycles. The van der Waals surface area contributed by atoms with Crippen LogP contribution in [0.1, 0.15) is 32.1 Å². The number of thiol groups is 1. The zero-order valence-corrected chi connectivity index (χ0v) is 18.0. The molecule has 178 valence electrons. The first-order chi connectivity index (χ1) is 14.6. The molecule has 0 saturated heterocycles. The Kier molecular flexibility index (Phi) is 14.2. The summed E-state index contributed by atoms with van der Waals surface area (Å²) >= 11 is 3.96. The van der Waals surface area contributed by atoms with Crippen molar-refractivity contribution in [1.82, 2.24) is 16.0 Å². The Morgan fingerprint density at radius 1 is 0.871 bits per heavy atom. The Labute approximate surface area is 185 Å². The molecular weight excluding hydrogens is 432 g/mol. The first-order valence-electron chi connectivity index (χ1n) is 9.66. The molecule has 4 unspecified atom stereocenters. The third-order valence-corrected chi connectivity index (χ3v) is 4.60. The number of carboxylic acid groups (broad SMARTS) is 1. The summed E-state index contributed by atoms with van der Waals surface area (Å²) in [5.41, 5.74) is 16.1. The van der Waals surface area contributed by atoms with E-state index < -0.39 is 60.4 Å². The highest BCUT2D eigenvalue weighted by Crippen LogP contribution is 2.01. The average Bonchev–Trinajstić information content (AvgIpc) is 2.72. The van der Waals surface area contributed by atoms with E-state index in [4.69, 9.17) is 22.3 Å². The molecule has 13 nitrogen and oxygen atoms in total. The number of nitrogens with one attached hydrogen (secondary N) is 3. The number of carboxylic acids is 1. The Balaban J connectivity index is 4.91. The first kappa shape index (κ1) is 28.6. The Bertz CT molecular complexity index is 636. The van der Waals surface area contributed by atoms with Gasteiger partial charge in [0, 0.05) is 12.2 Å². The fourth-order valence-electron chi connectivity index (χ4n) is 2.40. The lowest BCUT2D eigenvalue weighted by Gasteiger charge is -2.23. The minimum Gasteiger partial charge on any atom is -0.480 e. The van der Waals surface area contributed by atoms with E-state index in [-0.39, 0.29) is 18.6 Å². The Morgan fingerprint density at radius 2 is 1.42 bits per heavy atom. The highest BCUT2D eigenvalue weighted by Gasteiger charge is 2.29. The van der Waals surface area contributed by atoms with E-state index in [9.17, 15) is 29.1 Å². The quantitative estimate of drug-likeness (QED) is 0.0801. The largest absolute Gasteiger partial charge is 0.480 e. The van der Waals surface area contributed by atoms with Gasteiger partial charge in [0.15, 0.2) is 0 Å². The maximum atomic E-state index is 12.4. The standard InChI is InChI=1S/C17H32N6O7S/c18-6-2-1-3-9(19)14(26)22-11(7-24)15(27)23-12(8-31)16(28)21-10(17(29)30)4-5-13(20)25/h9-12,24,31H,1-8,18-19H2,(H2,20,25)(H,21,28)(H,22,26)(H,23,27)(H,29,30). The molecule has 0 fully saturated rings. The molecule has 4 amide bonds. The number of carbonyl (C=O) groups excluding carboxylic acids is 4. The summed E-state index contributed by atoms with van der Waals surface area (Å²) in [6.07, 6.45) is 1.14. The van der Waals surface area contributed by atoms with Crippen molar-refractivity contribution in [3.8, 4) is 0 Å². The van der Waals surface area contributed by atoms with Crippen molar-refractivity contribution < 1.29 is 34.2 Å². The molecule has 0 radical (unpaired) electrons. The number of amides is 4. The van der Waals surface area contributed by atoms with Gasteiger partial charge in [-0.1, -0.05) is 6.42 Å². The lowest BCUT2D eigenvalue weighted by atomic mass is 10.1. The van der Waals surface area contributed by atoms with Crippen LogP contribution in [0.25, 0.3) is 0 Å². The number of nitrogens with two attached hydrogens (primary N) is 3. The normalized spacial score (nSPS) is 14.6. The van der Waals surface area contributed by atoms with Crippen molar-refractivity contribution in [1.29, 1.82) is 0 Å². The third-order valence-electron chi connectivity index (χ3n) is 4.23. The van der Waals surface area contributed by atoms with Crippen LogP contribution in [-0.2, 0) is 24.0 Å². The Morgan fingerprint density at radius 3 is 1.90 bits per heavy atom. The minimum atomic E-state index is -1.40. The van der Waals surface area contributed by atoms with Gasteiger partial charge >= 0.3 is 5.97 Å².